The van der Waals surface area contributed by atoms with Crippen LogP contribution in [0.15, 0.2) is 54.9 Å². The molecule has 1 unspecified atom stereocenters. The summed E-state index contributed by atoms with van der Waals surface area (Å²) in [5.41, 5.74) is 9.87. The summed E-state index contributed by atoms with van der Waals surface area (Å²) < 4.78 is 0. The smallest absolute Gasteiger partial charge is 0.222 e. The van der Waals surface area contributed by atoms with Crippen LogP contribution in [0.2, 0.25) is 0 Å². The van der Waals surface area contributed by atoms with E-state index in [9.17, 15) is 5.26 Å². The van der Waals surface area contributed by atoms with Crippen LogP contribution in [-0.4, -0.2) is 21.5 Å². The van der Waals surface area contributed by atoms with Crippen LogP contribution in [0.1, 0.15) is 28.4 Å². The summed E-state index contributed by atoms with van der Waals surface area (Å²) in [5, 5.41) is 12.8. The molecule has 0 aliphatic carbocycles. The number of hydrogen-bond acceptors (Lipinski definition) is 6. The Morgan fingerprint density at radius 1 is 1.15 bits per heavy atom. The Hall–Kier alpha value is -3.46. The Labute approximate surface area is 152 Å². The molecule has 0 spiro atoms. The molecule has 0 saturated heterocycles. The van der Waals surface area contributed by atoms with Crippen molar-refractivity contribution < 1.29 is 0 Å². The van der Waals surface area contributed by atoms with Crippen molar-refractivity contribution in [2.24, 2.45) is 0 Å². The predicted molar refractivity (Wildman–Crippen MR) is 102 cm³/mol. The van der Waals surface area contributed by atoms with Crippen LogP contribution in [0.4, 0.5) is 11.6 Å². The van der Waals surface area contributed by atoms with Crippen molar-refractivity contribution in [3.63, 3.8) is 0 Å². The molecule has 0 bridgehead atoms. The molecule has 0 radical (unpaired) electrons. The number of nitrogens with zero attached hydrogens (tertiary/aromatic N) is 4. The van der Waals surface area contributed by atoms with Gasteiger partial charge in [0.25, 0.3) is 0 Å². The predicted octanol–water partition coefficient (Wildman–Crippen LogP) is 3.07. The van der Waals surface area contributed by atoms with E-state index < -0.39 is 5.92 Å². The summed E-state index contributed by atoms with van der Waals surface area (Å²) in [7, 11) is 0. The summed E-state index contributed by atoms with van der Waals surface area (Å²) in [6.07, 6.45) is 4.25. The summed E-state index contributed by atoms with van der Waals surface area (Å²) in [6.45, 7) is 2.59. The number of aryl methyl sites for hydroxylation is 1. The van der Waals surface area contributed by atoms with E-state index in [4.69, 9.17) is 5.73 Å². The molecular formula is C20H20N6. The van der Waals surface area contributed by atoms with Crippen LogP contribution in [-0.2, 0) is 6.42 Å². The van der Waals surface area contributed by atoms with Gasteiger partial charge < -0.3 is 11.1 Å². The van der Waals surface area contributed by atoms with Crippen LogP contribution in [0, 0.1) is 18.3 Å². The summed E-state index contributed by atoms with van der Waals surface area (Å²) in [5.74, 6) is -0.00549. The molecule has 2 aromatic heterocycles. The lowest BCUT2D eigenvalue weighted by Crippen LogP contribution is -2.12. The number of hydrogen-bond donors (Lipinski definition) is 2. The van der Waals surface area contributed by atoms with Gasteiger partial charge in [0.15, 0.2) is 0 Å². The zero-order chi connectivity index (χ0) is 18.4. The number of benzene rings is 1. The lowest BCUT2D eigenvalue weighted by Gasteiger charge is -2.13. The van der Waals surface area contributed by atoms with Gasteiger partial charge >= 0.3 is 0 Å². The first-order valence-corrected chi connectivity index (χ1v) is 8.39. The first-order chi connectivity index (χ1) is 12.7. The van der Waals surface area contributed by atoms with E-state index in [-0.39, 0.29) is 0 Å². The van der Waals surface area contributed by atoms with Crippen molar-refractivity contribution >= 4 is 11.6 Å². The van der Waals surface area contributed by atoms with Gasteiger partial charge in [-0.3, -0.25) is 4.98 Å². The first kappa shape index (κ1) is 17.4. The highest BCUT2D eigenvalue weighted by Crippen LogP contribution is 2.23. The molecule has 0 amide bonds. The Morgan fingerprint density at radius 3 is 2.65 bits per heavy atom. The molecular weight excluding hydrogens is 324 g/mol. The maximum atomic E-state index is 9.61. The topological polar surface area (TPSA) is 101 Å². The highest BCUT2D eigenvalue weighted by molar-refractivity contribution is 5.40. The van der Waals surface area contributed by atoms with E-state index in [0.717, 1.165) is 17.7 Å². The third-order valence-electron chi connectivity index (χ3n) is 4.07. The normalized spacial score (nSPS) is 11.5. The fourth-order valence-corrected chi connectivity index (χ4v) is 2.65. The SMILES string of the molecule is Cc1cnc(NCCc2ccc(N)cc2)nc1C(C#N)c1ccccn1. The molecule has 1 aromatic carbocycles. The molecule has 2 heterocycles. The van der Waals surface area contributed by atoms with E-state index in [1.807, 2.05) is 49.4 Å². The molecule has 6 nitrogen and oxygen atoms in total. The maximum absolute atomic E-state index is 9.61. The fraction of sp³-hybridized carbons (Fsp3) is 0.200. The van der Waals surface area contributed by atoms with Crippen LogP contribution < -0.4 is 11.1 Å². The number of aromatic nitrogens is 3. The van der Waals surface area contributed by atoms with Gasteiger partial charge in [-0.25, -0.2) is 9.97 Å². The number of anilines is 2. The van der Waals surface area contributed by atoms with Gasteiger partial charge in [-0.15, -0.1) is 0 Å². The maximum Gasteiger partial charge on any atom is 0.222 e. The second kappa shape index (κ2) is 8.08. The molecule has 0 aliphatic rings. The van der Waals surface area contributed by atoms with Gasteiger partial charge in [0.1, 0.15) is 5.92 Å². The van der Waals surface area contributed by atoms with Gasteiger partial charge in [0, 0.05) is 24.6 Å². The molecule has 3 N–H and O–H groups in total. The van der Waals surface area contributed by atoms with Gasteiger partial charge in [0.05, 0.1) is 17.5 Å². The minimum Gasteiger partial charge on any atom is -0.399 e. The van der Waals surface area contributed by atoms with E-state index in [0.29, 0.717) is 23.9 Å². The Morgan fingerprint density at radius 2 is 1.96 bits per heavy atom. The van der Waals surface area contributed by atoms with Gasteiger partial charge in [-0.05, 0) is 48.7 Å². The quantitative estimate of drug-likeness (QED) is 0.667. The number of pyridine rings is 1. The zero-order valence-electron chi connectivity index (χ0n) is 14.6. The standard InChI is InChI=1S/C20H20N6/c1-14-13-25-20(24-11-9-15-5-7-16(22)8-6-15)26-19(14)17(12-21)18-4-2-3-10-23-18/h2-8,10,13,17H,9,11,22H2,1H3,(H,24,25,26). The third-order valence-corrected chi connectivity index (χ3v) is 4.07. The van der Waals surface area contributed by atoms with Crippen LogP contribution in [0.25, 0.3) is 0 Å². The molecule has 6 heteroatoms. The summed E-state index contributed by atoms with van der Waals surface area (Å²) >= 11 is 0. The zero-order valence-corrected chi connectivity index (χ0v) is 14.6. The molecule has 3 aromatic rings. The average molecular weight is 344 g/mol. The van der Waals surface area contributed by atoms with Crippen LogP contribution in [0.3, 0.4) is 0 Å². The molecule has 26 heavy (non-hydrogen) atoms. The summed E-state index contributed by atoms with van der Waals surface area (Å²) in [4.78, 5) is 13.2. The minimum atomic E-state index is -0.517. The molecule has 1 atom stereocenters. The number of nitriles is 1. The third kappa shape index (κ3) is 4.14. The Bertz CT molecular complexity index is 900. The lowest BCUT2D eigenvalue weighted by atomic mass is 9.99. The first-order valence-electron chi connectivity index (χ1n) is 8.39. The molecule has 0 saturated carbocycles. The highest BCUT2D eigenvalue weighted by Gasteiger charge is 2.19. The largest absolute Gasteiger partial charge is 0.399 e. The van der Waals surface area contributed by atoms with Crippen LogP contribution >= 0.6 is 0 Å². The van der Waals surface area contributed by atoms with E-state index in [1.165, 1.54) is 5.56 Å². The monoisotopic (exact) mass is 344 g/mol. The number of nitrogen functional groups attached to an aromatic ring is 1. The van der Waals surface area contributed by atoms with Gasteiger partial charge in [0.2, 0.25) is 5.95 Å². The molecule has 0 aliphatic heterocycles. The van der Waals surface area contributed by atoms with Gasteiger partial charge in [-0.1, -0.05) is 18.2 Å². The van der Waals surface area contributed by atoms with Crippen molar-refractivity contribution in [2.75, 3.05) is 17.6 Å². The molecule has 130 valence electrons. The van der Waals surface area contributed by atoms with Crippen LogP contribution in [0.5, 0.6) is 0 Å². The molecule has 3 rings (SSSR count). The summed E-state index contributed by atoms with van der Waals surface area (Å²) in [6, 6.07) is 15.6. The van der Waals surface area contributed by atoms with Crippen molar-refractivity contribution in [3.05, 3.63) is 77.4 Å². The van der Waals surface area contributed by atoms with E-state index in [1.54, 1.807) is 12.4 Å². The second-order valence-corrected chi connectivity index (χ2v) is 6.00. The Balaban J connectivity index is 1.73. The number of rotatable bonds is 6. The molecule has 0 fully saturated rings. The van der Waals surface area contributed by atoms with Gasteiger partial charge in [-0.2, -0.15) is 5.26 Å². The minimum absolute atomic E-state index is 0.511. The Kier molecular flexibility index (Phi) is 5.40. The fourth-order valence-electron chi connectivity index (χ4n) is 2.65. The highest BCUT2D eigenvalue weighted by atomic mass is 15.1. The van der Waals surface area contributed by atoms with Crippen molar-refractivity contribution in [2.45, 2.75) is 19.3 Å². The number of nitrogens with one attached hydrogen (secondary N) is 1. The second-order valence-electron chi connectivity index (χ2n) is 6.00. The average Bonchev–Trinajstić information content (AvgIpc) is 2.67. The van der Waals surface area contributed by atoms with E-state index >= 15 is 0 Å². The number of nitrogens with two attached hydrogens (primary N) is 1. The van der Waals surface area contributed by atoms with Crippen molar-refractivity contribution in [1.82, 2.24) is 15.0 Å². The van der Waals surface area contributed by atoms with E-state index in [2.05, 4.69) is 26.3 Å². The van der Waals surface area contributed by atoms with Crippen molar-refractivity contribution in [3.8, 4) is 6.07 Å². The lowest BCUT2D eigenvalue weighted by molar-refractivity contribution is 0.879. The van der Waals surface area contributed by atoms with Crippen molar-refractivity contribution in [1.29, 1.82) is 5.26 Å².